The van der Waals surface area contributed by atoms with Crippen LogP contribution in [0, 0.1) is 17.0 Å². The van der Waals surface area contributed by atoms with Crippen LogP contribution in [0.5, 0.6) is 0 Å². The van der Waals surface area contributed by atoms with E-state index in [-0.39, 0.29) is 34.8 Å². The van der Waals surface area contributed by atoms with Gasteiger partial charge in [0.25, 0.3) is 15.7 Å². The van der Waals surface area contributed by atoms with Gasteiger partial charge in [0.15, 0.2) is 0 Å². The van der Waals surface area contributed by atoms with Gasteiger partial charge >= 0.3 is 0 Å². The summed E-state index contributed by atoms with van der Waals surface area (Å²) in [6.07, 6.45) is 1.01. The molecule has 0 aromatic heterocycles. The van der Waals surface area contributed by atoms with Crippen molar-refractivity contribution >= 4 is 33.2 Å². The van der Waals surface area contributed by atoms with Crippen LogP contribution in [-0.2, 0) is 26.2 Å². The molecule has 2 amide bonds. The molecule has 3 aromatic carbocycles. The lowest BCUT2D eigenvalue weighted by molar-refractivity contribution is -0.384. The number of rotatable bonds is 13. The maximum Gasteiger partial charge on any atom is 0.269 e. The number of non-ortho nitro benzene ring substituents is 1. The van der Waals surface area contributed by atoms with Gasteiger partial charge in [-0.1, -0.05) is 56.3 Å². The normalized spacial score (nSPS) is 12.7. The van der Waals surface area contributed by atoms with Crippen LogP contribution in [0.25, 0.3) is 0 Å². The van der Waals surface area contributed by atoms with E-state index in [1.54, 1.807) is 25.1 Å². The Morgan fingerprint density at radius 2 is 1.54 bits per heavy atom. The van der Waals surface area contributed by atoms with Crippen molar-refractivity contribution in [2.45, 2.75) is 64.1 Å². The van der Waals surface area contributed by atoms with Crippen LogP contribution in [0.3, 0.4) is 0 Å². The fourth-order valence-corrected chi connectivity index (χ4v) is 5.76. The lowest BCUT2D eigenvalue weighted by Gasteiger charge is -2.34. The molecule has 0 saturated heterocycles. The van der Waals surface area contributed by atoms with Gasteiger partial charge in [-0.05, 0) is 62.1 Å². The first-order chi connectivity index (χ1) is 19.5. The minimum atomic E-state index is -4.26. The first-order valence-electron chi connectivity index (χ1n) is 13.5. The number of anilines is 1. The molecular formula is C30H36N4O6S. The Kier molecular flexibility index (Phi) is 10.6. The molecule has 0 heterocycles. The number of aryl methyl sites for hydroxylation is 1. The average Bonchev–Trinajstić information content (AvgIpc) is 2.97. The van der Waals surface area contributed by atoms with E-state index in [0.29, 0.717) is 12.8 Å². The number of hydrogen-bond acceptors (Lipinski definition) is 6. The Bertz CT molecular complexity index is 1460. The zero-order chi connectivity index (χ0) is 30.2. The Morgan fingerprint density at radius 1 is 0.927 bits per heavy atom. The molecule has 3 aromatic rings. The highest BCUT2D eigenvalue weighted by atomic mass is 32.2. The molecule has 0 saturated carbocycles. The fourth-order valence-electron chi connectivity index (χ4n) is 4.32. The van der Waals surface area contributed by atoms with Gasteiger partial charge < -0.3 is 10.2 Å². The molecule has 0 fully saturated rings. The van der Waals surface area contributed by atoms with E-state index < -0.39 is 33.4 Å². The van der Waals surface area contributed by atoms with Crippen LogP contribution in [0.2, 0.25) is 0 Å². The van der Waals surface area contributed by atoms with Crippen LogP contribution >= 0.6 is 0 Å². The predicted molar refractivity (Wildman–Crippen MR) is 158 cm³/mol. The summed E-state index contributed by atoms with van der Waals surface area (Å²) in [5, 5.41) is 14.2. The zero-order valence-corrected chi connectivity index (χ0v) is 24.5. The van der Waals surface area contributed by atoms with E-state index in [1.165, 1.54) is 41.3 Å². The summed E-state index contributed by atoms with van der Waals surface area (Å²) >= 11 is 0. The monoisotopic (exact) mass is 580 g/mol. The van der Waals surface area contributed by atoms with Crippen LogP contribution in [-0.4, -0.2) is 48.7 Å². The lowest BCUT2D eigenvalue weighted by atomic mass is 10.1. The van der Waals surface area contributed by atoms with E-state index in [4.69, 9.17) is 0 Å². The third-order valence-corrected chi connectivity index (χ3v) is 8.74. The Labute approximate surface area is 241 Å². The van der Waals surface area contributed by atoms with Crippen LogP contribution in [0.15, 0.2) is 83.8 Å². The highest BCUT2D eigenvalue weighted by Crippen LogP contribution is 2.27. The highest BCUT2D eigenvalue weighted by Gasteiger charge is 2.34. The quantitative estimate of drug-likeness (QED) is 0.228. The maximum atomic E-state index is 14.1. The number of carbonyl (C=O) groups excluding carboxylic acids is 2. The molecule has 2 atom stereocenters. The second-order valence-corrected chi connectivity index (χ2v) is 11.7. The standard InChI is InChI=1S/C30H36N4O6S/c1-5-23(4)31-30(36)28(6-2)32(20-24-13-11-10-12-22(24)3)29(35)21-33(25-16-18-26(19-17-25)34(37)38)41(39,40)27-14-8-7-9-15-27/h7-19,23,28H,5-6,20-21H2,1-4H3,(H,31,36)/t23-,28+/m1/s1. The topological polar surface area (TPSA) is 130 Å². The highest BCUT2D eigenvalue weighted by molar-refractivity contribution is 7.92. The number of amides is 2. The number of nitrogens with zero attached hydrogens (tertiary/aromatic N) is 3. The van der Waals surface area contributed by atoms with Crippen molar-refractivity contribution < 1.29 is 22.9 Å². The molecule has 0 aliphatic carbocycles. The number of sulfonamides is 1. The summed E-state index contributed by atoms with van der Waals surface area (Å²) in [7, 11) is -4.26. The van der Waals surface area contributed by atoms with Gasteiger partial charge in [0.1, 0.15) is 12.6 Å². The number of nitro benzene ring substituents is 1. The second-order valence-electron chi connectivity index (χ2n) is 9.79. The van der Waals surface area contributed by atoms with Gasteiger partial charge in [0.2, 0.25) is 11.8 Å². The SMILES string of the molecule is CC[C@@H](C)NC(=O)[C@H](CC)N(Cc1ccccc1C)C(=O)CN(c1ccc([N+](=O)[O-])cc1)S(=O)(=O)c1ccccc1. The molecule has 0 bridgehead atoms. The molecule has 41 heavy (non-hydrogen) atoms. The fraction of sp³-hybridized carbons (Fsp3) is 0.333. The summed E-state index contributed by atoms with van der Waals surface area (Å²) in [6, 6.07) is 19.1. The minimum Gasteiger partial charge on any atom is -0.352 e. The van der Waals surface area contributed by atoms with Crippen LogP contribution in [0.4, 0.5) is 11.4 Å². The Hall–Kier alpha value is -4.25. The van der Waals surface area contributed by atoms with E-state index in [9.17, 15) is 28.1 Å². The molecular weight excluding hydrogens is 544 g/mol. The van der Waals surface area contributed by atoms with Crippen molar-refractivity contribution in [1.29, 1.82) is 0 Å². The van der Waals surface area contributed by atoms with Crippen molar-refractivity contribution in [1.82, 2.24) is 10.2 Å². The third kappa shape index (κ3) is 7.69. The summed E-state index contributed by atoms with van der Waals surface area (Å²) in [5.41, 5.74) is 1.61. The molecule has 3 rings (SSSR count). The Balaban J connectivity index is 2.08. The molecule has 1 N–H and O–H groups in total. The number of carbonyl (C=O) groups is 2. The van der Waals surface area contributed by atoms with Gasteiger partial charge in [-0.15, -0.1) is 0 Å². The van der Waals surface area contributed by atoms with Crippen molar-refractivity contribution in [2.75, 3.05) is 10.8 Å². The minimum absolute atomic E-state index is 0.0434. The molecule has 0 aliphatic heterocycles. The summed E-state index contributed by atoms with van der Waals surface area (Å²) in [5.74, 6) is -0.908. The van der Waals surface area contributed by atoms with E-state index in [1.807, 2.05) is 45.0 Å². The zero-order valence-electron chi connectivity index (χ0n) is 23.7. The van der Waals surface area contributed by atoms with Gasteiger partial charge in [-0.2, -0.15) is 0 Å². The molecule has 0 radical (unpaired) electrons. The first kappa shape index (κ1) is 31.3. The molecule has 0 unspecified atom stereocenters. The number of benzene rings is 3. The van der Waals surface area contributed by atoms with Crippen LogP contribution in [0.1, 0.15) is 44.7 Å². The summed E-state index contributed by atoms with van der Waals surface area (Å²) < 4.78 is 28.6. The van der Waals surface area contributed by atoms with Crippen molar-refractivity contribution in [3.63, 3.8) is 0 Å². The van der Waals surface area contributed by atoms with E-state index in [2.05, 4.69) is 5.32 Å². The second kappa shape index (κ2) is 13.9. The predicted octanol–water partition coefficient (Wildman–Crippen LogP) is 4.82. The van der Waals surface area contributed by atoms with Crippen LogP contribution < -0.4 is 9.62 Å². The molecule has 10 nitrogen and oxygen atoms in total. The maximum absolute atomic E-state index is 14.1. The lowest BCUT2D eigenvalue weighted by Crippen LogP contribution is -2.53. The van der Waals surface area contributed by atoms with Gasteiger partial charge in [0.05, 0.1) is 15.5 Å². The number of hydrogen-bond donors (Lipinski definition) is 1. The third-order valence-electron chi connectivity index (χ3n) is 6.95. The van der Waals surface area contributed by atoms with Gasteiger partial charge in [-0.3, -0.25) is 24.0 Å². The molecule has 0 aliphatic rings. The first-order valence-corrected chi connectivity index (χ1v) is 14.9. The van der Waals surface area contributed by atoms with Crippen molar-refractivity contribution in [2.24, 2.45) is 0 Å². The average molecular weight is 581 g/mol. The molecule has 0 spiro atoms. The van der Waals surface area contributed by atoms with Crippen molar-refractivity contribution in [3.05, 3.63) is 100 Å². The summed E-state index contributed by atoms with van der Waals surface area (Å²) in [6.45, 7) is 7.00. The van der Waals surface area contributed by atoms with E-state index >= 15 is 0 Å². The van der Waals surface area contributed by atoms with Gasteiger partial charge in [0, 0.05) is 24.7 Å². The Morgan fingerprint density at radius 3 is 2.10 bits per heavy atom. The number of nitrogens with one attached hydrogen (secondary N) is 1. The summed E-state index contributed by atoms with van der Waals surface area (Å²) in [4.78, 5) is 39.4. The van der Waals surface area contributed by atoms with Gasteiger partial charge in [-0.25, -0.2) is 8.42 Å². The smallest absolute Gasteiger partial charge is 0.269 e. The largest absolute Gasteiger partial charge is 0.352 e. The molecule has 11 heteroatoms. The van der Waals surface area contributed by atoms with Crippen molar-refractivity contribution in [3.8, 4) is 0 Å². The molecule has 218 valence electrons. The van der Waals surface area contributed by atoms with E-state index in [0.717, 1.165) is 15.4 Å². The number of nitro groups is 1.